The van der Waals surface area contributed by atoms with Crippen molar-refractivity contribution in [2.75, 3.05) is 17.8 Å². The van der Waals surface area contributed by atoms with Gasteiger partial charge in [-0.15, -0.1) is 24.4 Å². The molecule has 1 amide bonds. The molecule has 1 aromatic carbocycles. The molecule has 3 N–H and O–H groups in total. The number of benzene rings is 1. The van der Waals surface area contributed by atoms with Crippen LogP contribution in [0.25, 0.3) is 5.69 Å². The first-order valence-corrected chi connectivity index (χ1v) is 11.7. The second-order valence-electron chi connectivity index (χ2n) is 7.61. The highest BCUT2D eigenvalue weighted by atomic mass is 35.5. The third kappa shape index (κ3) is 7.72. The lowest BCUT2D eigenvalue weighted by Crippen LogP contribution is -2.38. The van der Waals surface area contributed by atoms with E-state index in [0.29, 0.717) is 22.9 Å². The van der Waals surface area contributed by atoms with E-state index in [-0.39, 0.29) is 17.5 Å². The second-order valence-corrected chi connectivity index (χ2v) is 8.33. The van der Waals surface area contributed by atoms with Crippen molar-refractivity contribution in [3.63, 3.8) is 0 Å². The third-order valence-electron chi connectivity index (χ3n) is 5.12. The van der Waals surface area contributed by atoms with Gasteiger partial charge in [0, 0.05) is 30.5 Å². The summed E-state index contributed by atoms with van der Waals surface area (Å²) >= 11 is 11.7. The molecule has 36 heavy (non-hydrogen) atoms. The van der Waals surface area contributed by atoms with Gasteiger partial charge in [0.2, 0.25) is 0 Å². The molecule has 0 bridgehead atoms. The summed E-state index contributed by atoms with van der Waals surface area (Å²) in [5.74, 6) is 0.165. The Labute approximate surface area is 220 Å². The van der Waals surface area contributed by atoms with Gasteiger partial charge < -0.3 is 20.3 Å². The molecule has 0 saturated carbocycles. The lowest BCUT2D eigenvalue weighted by molar-refractivity contribution is 0.0926. The van der Waals surface area contributed by atoms with Crippen molar-refractivity contribution in [3.05, 3.63) is 94.7 Å². The Morgan fingerprint density at radius 1 is 1.31 bits per heavy atom. The fourth-order valence-corrected chi connectivity index (χ4v) is 3.52. The van der Waals surface area contributed by atoms with E-state index in [1.54, 1.807) is 42.9 Å². The van der Waals surface area contributed by atoms with Crippen molar-refractivity contribution in [2.45, 2.75) is 19.9 Å². The summed E-state index contributed by atoms with van der Waals surface area (Å²) in [6.07, 6.45) is 18.5. The summed E-state index contributed by atoms with van der Waals surface area (Å²) in [5, 5.41) is 15.9. The number of carbonyl (C=O) groups excluding carboxylic acids is 1. The summed E-state index contributed by atoms with van der Waals surface area (Å²) in [4.78, 5) is 17.1. The molecule has 1 unspecified atom stereocenters. The maximum Gasteiger partial charge on any atom is 0.253 e. The number of nitrogens with one attached hydrogen (secondary N) is 2. The Bertz CT molecular complexity index is 1270. The van der Waals surface area contributed by atoms with Crippen LogP contribution in [0, 0.1) is 25.6 Å². The molecule has 2 heterocycles. The highest BCUT2D eigenvalue weighted by Gasteiger charge is 2.16. The van der Waals surface area contributed by atoms with Crippen molar-refractivity contribution in [3.8, 4) is 18.5 Å². The Kier molecular flexibility index (Phi) is 11.2. The molecule has 3 rings (SSSR count). The average molecular weight is 529 g/mol. The second kappa shape index (κ2) is 14.1. The highest BCUT2D eigenvalue weighted by Crippen LogP contribution is 2.27. The number of hydrogen-bond acceptors (Lipinski definition) is 4. The molecule has 188 valence electrons. The SMILES string of the molecule is C#C.C/C(=C\C=C/CCl)C(CO)NC(=O)c1ccn(-c2cc(Nc3ccc(F)cc3Cl)ncc2C)c1. The monoisotopic (exact) mass is 528 g/mol. The van der Waals surface area contributed by atoms with E-state index in [1.165, 1.54) is 18.2 Å². The van der Waals surface area contributed by atoms with Gasteiger partial charge in [0.05, 0.1) is 34.6 Å². The highest BCUT2D eigenvalue weighted by molar-refractivity contribution is 6.33. The molecule has 6 nitrogen and oxygen atoms in total. The number of anilines is 2. The molecule has 0 aliphatic heterocycles. The minimum absolute atomic E-state index is 0.228. The van der Waals surface area contributed by atoms with Gasteiger partial charge >= 0.3 is 0 Å². The van der Waals surface area contributed by atoms with Crippen molar-refractivity contribution in [2.24, 2.45) is 0 Å². The van der Waals surface area contributed by atoms with Crippen molar-refractivity contribution >= 4 is 40.6 Å². The number of amides is 1. The molecule has 0 spiro atoms. The fraction of sp³-hybridized carbons (Fsp3) is 0.185. The van der Waals surface area contributed by atoms with Crippen LogP contribution in [0.15, 0.2) is 72.7 Å². The lowest BCUT2D eigenvalue weighted by Gasteiger charge is -2.16. The number of aromatic nitrogens is 2. The number of hydrogen-bond donors (Lipinski definition) is 3. The van der Waals surface area contributed by atoms with Gasteiger partial charge in [0.25, 0.3) is 5.91 Å². The van der Waals surface area contributed by atoms with E-state index in [9.17, 15) is 14.3 Å². The molecule has 9 heteroatoms. The number of alkyl halides is 1. The maximum absolute atomic E-state index is 13.3. The summed E-state index contributed by atoms with van der Waals surface area (Å²) in [6, 6.07) is 7.06. The van der Waals surface area contributed by atoms with Gasteiger partial charge in [-0.3, -0.25) is 4.79 Å². The van der Waals surface area contributed by atoms with Gasteiger partial charge in [-0.05, 0) is 49.2 Å². The molecule has 0 fully saturated rings. The normalized spacial score (nSPS) is 12.1. The number of aryl methyl sites for hydroxylation is 1. The van der Waals surface area contributed by atoms with Crippen LogP contribution < -0.4 is 10.6 Å². The number of pyridine rings is 1. The van der Waals surface area contributed by atoms with E-state index in [2.05, 4.69) is 28.5 Å². The number of terminal acetylenes is 1. The van der Waals surface area contributed by atoms with Crippen molar-refractivity contribution < 1.29 is 14.3 Å². The summed E-state index contributed by atoms with van der Waals surface area (Å²) in [7, 11) is 0. The van der Waals surface area contributed by atoms with E-state index >= 15 is 0 Å². The minimum Gasteiger partial charge on any atom is -0.394 e. The largest absolute Gasteiger partial charge is 0.394 e. The number of allylic oxidation sites excluding steroid dienone is 3. The molecule has 3 aromatic rings. The molecule has 0 aliphatic carbocycles. The van der Waals surface area contributed by atoms with E-state index in [1.807, 2.05) is 24.5 Å². The Morgan fingerprint density at radius 3 is 2.72 bits per heavy atom. The van der Waals surface area contributed by atoms with Crippen molar-refractivity contribution in [1.82, 2.24) is 14.9 Å². The molecule has 1 atom stereocenters. The first kappa shape index (κ1) is 28.7. The predicted molar refractivity (Wildman–Crippen MR) is 145 cm³/mol. The number of aliphatic hydroxyl groups is 1. The van der Waals surface area contributed by atoms with Gasteiger partial charge in [-0.25, -0.2) is 9.37 Å². The smallest absolute Gasteiger partial charge is 0.253 e. The number of rotatable bonds is 9. The summed E-state index contributed by atoms with van der Waals surface area (Å²) in [6.45, 7) is 3.50. The quantitative estimate of drug-likeness (QED) is 0.186. The van der Waals surface area contributed by atoms with E-state index in [4.69, 9.17) is 23.2 Å². The van der Waals surface area contributed by atoms with Crippen LogP contribution in [0.4, 0.5) is 15.9 Å². The fourth-order valence-electron chi connectivity index (χ4n) is 3.20. The van der Waals surface area contributed by atoms with Crippen LogP contribution in [0.1, 0.15) is 22.8 Å². The van der Waals surface area contributed by atoms with Crippen LogP contribution in [-0.4, -0.2) is 39.1 Å². The summed E-state index contributed by atoms with van der Waals surface area (Å²) in [5.41, 5.74) is 3.45. The first-order valence-electron chi connectivity index (χ1n) is 10.8. The van der Waals surface area contributed by atoms with Gasteiger partial charge in [0.1, 0.15) is 11.6 Å². The zero-order valence-corrected chi connectivity index (χ0v) is 21.4. The molecule has 0 saturated heterocycles. The average Bonchev–Trinajstić information content (AvgIpc) is 3.37. The van der Waals surface area contributed by atoms with Gasteiger partial charge in [0.15, 0.2) is 0 Å². The van der Waals surface area contributed by atoms with Crippen LogP contribution >= 0.6 is 23.2 Å². The van der Waals surface area contributed by atoms with Crippen LogP contribution in [0.5, 0.6) is 0 Å². The van der Waals surface area contributed by atoms with E-state index in [0.717, 1.165) is 16.8 Å². The summed E-state index contributed by atoms with van der Waals surface area (Å²) < 4.78 is 15.1. The molecular weight excluding hydrogens is 502 g/mol. The predicted octanol–water partition coefficient (Wildman–Crippen LogP) is 5.80. The van der Waals surface area contributed by atoms with Crippen LogP contribution in [-0.2, 0) is 0 Å². The Balaban J connectivity index is 0.00000222. The minimum atomic E-state index is -0.519. The zero-order chi connectivity index (χ0) is 26.7. The molecule has 0 aliphatic rings. The number of halogens is 3. The molecular formula is C27H27Cl2FN4O2. The van der Waals surface area contributed by atoms with Crippen molar-refractivity contribution in [1.29, 1.82) is 0 Å². The van der Waals surface area contributed by atoms with Crippen LogP contribution in [0.3, 0.4) is 0 Å². The Hall–Kier alpha value is -3.57. The standard InChI is InChI=1S/C25H25Cl2FN4O2.C2H2/c1-16(5-3-4-9-26)22(15-33)31-25(34)18-8-10-32(14-18)23-12-24(29-13-17(23)2)30-21-7-6-19(28)11-20(21)27;1-2/h3-8,10-14,22,33H,9,15H2,1-2H3,(H,29,30)(H,31,34);1-2H/b4-3-,16-5+;. The number of carbonyl (C=O) groups is 1. The van der Waals surface area contributed by atoms with Gasteiger partial charge in [-0.1, -0.05) is 29.8 Å². The van der Waals surface area contributed by atoms with Crippen LogP contribution in [0.2, 0.25) is 5.02 Å². The molecule has 0 radical (unpaired) electrons. The lowest BCUT2D eigenvalue weighted by atomic mass is 10.1. The number of nitrogens with zero attached hydrogens (tertiary/aromatic N) is 2. The first-order chi connectivity index (χ1) is 17.3. The van der Waals surface area contributed by atoms with Gasteiger partial charge in [-0.2, -0.15) is 0 Å². The molecule has 2 aromatic heterocycles. The zero-order valence-electron chi connectivity index (χ0n) is 19.9. The maximum atomic E-state index is 13.3. The van der Waals surface area contributed by atoms with E-state index < -0.39 is 11.9 Å². The topological polar surface area (TPSA) is 79.2 Å². The number of aliphatic hydroxyl groups excluding tert-OH is 1. The third-order valence-corrected chi connectivity index (χ3v) is 5.61. The Morgan fingerprint density at radius 2 is 2.06 bits per heavy atom.